The van der Waals surface area contributed by atoms with Crippen LogP contribution in [0.4, 0.5) is 0 Å². The third-order valence-corrected chi connectivity index (χ3v) is 20.4. The lowest BCUT2D eigenvalue weighted by Gasteiger charge is -2.21. The Bertz CT molecular complexity index is 1990. The Hall–Kier alpha value is -2.46. The SMILES string of the molecule is CCCCCC/C=C\C=C/CCCCCCCC(=O)OC[C@H](COP(=O)(O)OC[C@@H](O)COP(=O)(O)OC[C@@H](COC(=O)CCCCCCCCCCCCCC)OC(=O)CCCCCCCCCCCCCCCC)OC(=O)CCCCCCCCCCCCCCCCCCCCC. The summed E-state index contributed by atoms with van der Waals surface area (Å²) >= 11 is 0. The fourth-order valence-electron chi connectivity index (χ4n) is 12.1. The lowest BCUT2D eigenvalue weighted by atomic mass is 10.0. The van der Waals surface area contributed by atoms with E-state index in [1.165, 1.54) is 225 Å². The van der Waals surface area contributed by atoms with Crippen molar-refractivity contribution in [3.05, 3.63) is 24.3 Å². The van der Waals surface area contributed by atoms with Crippen LogP contribution >= 0.6 is 15.6 Å². The molecule has 0 aromatic carbocycles. The van der Waals surface area contributed by atoms with E-state index in [4.69, 9.17) is 37.0 Å². The molecule has 0 radical (unpaired) electrons. The summed E-state index contributed by atoms with van der Waals surface area (Å²) in [5.74, 6) is -2.13. The molecule has 0 spiro atoms. The summed E-state index contributed by atoms with van der Waals surface area (Å²) in [6.45, 7) is 4.96. The molecule has 19 heteroatoms. The van der Waals surface area contributed by atoms with Gasteiger partial charge in [0.2, 0.25) is 0 Å². The molecule has 0 aromatic heterocycles. The van der Waals surface area contributed by atoms with E-state index in [0.29, 0.717) is 25.7 Å². The molecule has 0 saturated carbocycles. The van der Waals surface area contributed by atoms with Gasteiger partial charge in [-0.05, 0) is 51.4 Å². The first-order chi connectivity index (χ1) is 48.7. The predicted molar refractivity (Wildman–Crippen MR) is 409 cm³/mol. The van der Waals surface area contributed by atoms with E-state index < -0.39 is 97.5 Å². The summed E-state index contributed by atoms with van der Waals surface area (Å²) < 4.78 is 68.7. The number of phosphoric ester groups is 2. The van der Waals surface area contributed by atoms with Gasteiger partial charge in [0, 0.05) is 25.7 Å². The van der Waals surface area contributed by atoms with Gasteiger partial charge in [0.25, 0.3) is 0 Å². The van der Waals surface area contributed by atoms with Gasteiger partial charge < -0.3 is 33.8 Å². The van der Waals surface area contributed by atoms with Crippen LogP contribution in [0.5, 0.6) is 0 Å². The van der Waals surface area contributed by atoms with Crippen molar-refractivity contribution in [3.8, 4) is 0 Å². The third-order valence-electron chi connectivity index (χ3n) is 18.5. The number of aliphatic hydroxyl groups excluding tert-OH is 1. The van der Waals surface area contributed by atoms with Crippen molar-refractivity contribution in [3.63, 3.8) is 0 Å². The lowest BCUT2D eigenvalue weighted by molar-refractivity contribution is -0.161. The largest absolute Gasteiger partial charge is 0.472 e. The Morgan fingerprint density at radius 2 is 0.480 bits per heavy atom. The predicted octanol–water partition coefficient (Wildman–Crippen LogP) is 24.1. The van der Waals surface area contributed by atoms with E-state index in [1.807, 2.05) is 0 Å². The highest BCUT2D eigenvalue weighted by Crippen LogP contribution is 2.45. The number of allylic oxidation sites excluding steroid dienone is 4. The van der Waals surface area contributed by atoms with E-state index in [9.17, 15) is 43.2 Å². The second kappa shape index (κ2) is 74.8. The first-order valence-electron chi connectivity index (χ1n) is 41.6. The maximum absolute atomic E-state index is 13.1. The fourth-order valence-corrected chi connectivity index (χ4v) is 13.7. The maximum Gasteiger partial charge on any atom is 0.472 e. The third kappa shape index (κ3) is 73.8. The second-order valence-electron chi connectivity index (χ2n) is 28.5. The number of carbonyl (C=O) groups is 4. The number of hydrogen-bond donors (Lipinski definition) is 3. The fraction of sp³-hybridized carbons (Fsp3) is 0.901. The van der Waals surface area contributed by atoms with Crippen LogP contribution in [0.25, 0.3) is 0 Å². The van der Waals surface area contributed by atoms with E-state index in [-0.39, 0.29) is 25.7 Å². The summed E-state index contributed by atoms with van der Waals surface area (Å²) in [5.41, 5.74) is 0. The van der Waals surface area contributed by atoms with Crippen LogP contribution in [0, 0.1) is 0 Å². The van der Waals surface area contributed by atoms with Crippen LogP contribution in [-0.4, -0.2) is 96.7 Å². The smallest absolute Gasteiger partial charge is 0.462 e. The van der Waals surface area contributed by atoms with Crippen molar-refractivity contribution in [2.75, 3.05) is 39.6 Å². The summed E-state index contributed by atoms with van der Waals surface area (Å²) in [4.78, 5) is 73.0. The average Bonchev–Trinajstić information content (AvgIpc) is 1.19. The van der Waals surface area contributed by atoms with Crippen LogP contribution in [0.1, 0.15) is 413 Å². The minimum atomic E-state index is -4.97. The minimum absolute atomic E-state index is 0.102. The number of unbranched alkanes of at least 4 members (excludes halogenated alkanes) is 51. The number of ether oxygens (including phenoxy) is 4. The maximum atomic E-state index is 13.1. The Morgan fingerprint density at radius 3 is 0.730 bits per heavy atom. The van der Waals surface area contributed by atoms with Crippen LogP contribution in [-0.2, 0) is 65.4 Å². The van der Waals surface area contributed by atoms with Gasteiger partial charge in [0.05, 0.1) is 26.4 Å². The Kier molecular flexibility index (Phi) is 73.0. The van der Waals surface area contributed by atoms with Crippen molar-refractivity contribution in [1.82, 2.24) is 0 Å². The molecule has 100 heavy (non-hydrogen) atoms. The molecule has 0 heterocycles. The molecule has 0 aromatic rings. The molecule has 0 saturated heterocycles. The van der Waals surface area contributed by atoms with Gasteiger partial charge in [-0.2, -0.15) is 0 Å². The Morgan fingerprint density at radius 1 is 0.280 bits per heavy atom. The molecule has 0 aliphatic heterocycles. The highest BCUT2D eigenvalue weighted by Gasteiger charge is 2.30. The van der Waals surface area contributed by atoms with Crippen LogP contribution < -0.4 is 0 Å². The summed E-state index contributed by atoms with van der Waals surface area (Å²) in [7, 11) is -9.93. The average molecular weight is 1460 g/mol. The zero-order chi connectivity index (χ0) is 73.2. The molecule has 0 rings (SSSR count). The van der Waals surface area contributed by atoms with Gasteiger partial charge in [-0.25, -0.2) is 9.13 Å². The number of hydrogen-bond acceptors (Lipinski definition) is 15. The molecule has 2 unspecified atom stereocenters. The summed E-state index contributed by atoms with van der Waals surface area (Å²) in [6.07, 6.45) is 70.0. The van der Waals surface area contributed by atoms with Crippen LogP contribution in [0.15, 0.2) is 24.3 Å². The van der Waals surface area contributed by atoms with Gasteiger partial charge in [0.15, 0.2) is 12.2 Å². The Balaban J connectivity index is 5.28. The van der Waals surface area contributed by atoms with Crippen molar-refractivity contribution in [1.29, 1.82) is 0 Å². The molecule has 0 fully saturated rings. The standard InChI is InChI=1S/C81H154O17P2/c1-5-9-13-17-21-25-29-33-36-37-38-39-41-44-48-52-56-60-64-68-81(86)98-77(72-92-79(84)66-62-58-54-50-46-43-40-34-30-26-22-18-14-10-6-2)74-96-100(89,90)94-70-75(82)69-93-99(87,88)95-73-76(71-91-78(83)65-61-57-53-49-45-32-28-24-20-16-12-8-4)97-80(85)67-63-59-55-51-47-42-35-31-27-23-19-15-11-7-3/h26,30,34,40,75-77,82H,5-25,27-29,31-33,35-39,41-74H2,1-4H3,(H,87,88)(H,89,90)/b30-26-,40-34-/t75-,76+,77+/m0/s1. The number of aliphatic hydroxyl groups is 1. The van der Waals surface area contributed by atoms with Gasteiger partial charge in [0.1, 0.15) is 19.3 Å². The first-order valence-corrected chi connectivity index (χ1v) is 44.6. The van der Waals surface area contributed by atoms with E-state index in [0.717, 1.165) is 109 Å². The molecule has 0 aliphatic carbocycles. The quantitative estimate of drug-likeness (QED) is 0.0169. The normalized spacial score (nSPS) is 13.9. The van der Waals surface area contributed by atoms with Gasteiger partial charge in [-0.3, -0.25) is 37.3 Å². The van der Waals surface area contributed by atoms with Crippen molar-refractivity contribution >= 4 is 39.5 Å². The molecule has 0 aliphatic rings. The highest BCUT2D eigenvalue weighted by atomic mass is 31.2. The van der Waals surface area contributed by atoms with Crippen LogP contribution in [0.2, 0.25) is 0 Å². The highest BCUT2D eigenvalue weighted by molar-refractivity contribution is 7.47. The van der Waals surface area contributed by atoms with Gasteiger partial charge in [-0.15, -0.1) is 0 Å². The molecule has 17 nitrogen and oxygen atoms in total. The number of phosphoric acid groups is 2. The summed E-state index contributed by atoms with van der Waals surface area (Å²) in [6, 6.07) is 0. The molecule has 590 valence electrons. The topological polar surface area (TPSA) is 237 Å². The van der Waals surface area contributed by atoms with Crippen molar-refractivity contribution in [2.45, 2.75) is 431 Å². The zero-order valence-corrected chi connectivity index (χ0v) is 66.5. The number of carbonyl (C=O) groups excluding carboxylic acids is 4. The molecule has 0 amide bonds. The van der Waals surface area contributed by atoms with Crippen LogP contribution in [0.3, 0.4) is 0 Å². The first kappa shape index (κ1) is 97.5. The van der Waals surface area contributed by atoms with Gasteiger partial charge in [-0.1, -0.05) is 360 Å². The zero-order valence-electron chi connectivity index (χ0n) is 64.7. The molecular weight excluding hydrogens is 1310 g/mol. The number of rotatable bonds is 80. The number of esters is 4. The monoisotopic (exact) mass is 1460 g/mol. The van der Waals surface area contributed by atoms with E-state index >= 15 is 0 Å². The molecule has 3 N–H and O–H groups in total. The summed E-state index contributed by atoms with van der Waals surface area (Å²) in [5, 5.41) is 10.6. The van der Waals surface area contributed by atoms with E-state index in [1.54, 1.807) is 0 Å². The van der Waals surface area contributed by atoms with Crippen molar-refractivity contribution < 1.29 is 80.2 Å². The minimum Gasteiger partial charge on any atom is -0.462 e. The molecular formula is C81H154O17P2. The lowest BCUT2D eigenvalue weighted by Crippen LogP contribution is -2.30. The Labute approximate surface area is 612 Å². The molecule has 0 bridgehead atoms. The van der Waals surface area contributed by atoms with E-state index in [2.05, 4.69) is 52.0 Å². The van der Waals surface area contributed by atoms with Crippen molar-refractivity contribution in [2.24, 2.45) is 0 Å². The van der Waals surface area contributed by atoms with Gasteiger partial charge >= 0.3 is 39.5 Å². The second-order valence-corrected chi connectivity index (χ2v) is 31.4. The molecule has 5 atom stereocenters.